The smallest absolute Gasteiger partial charge is 0.298 e. The van der Waals surface area contributed by atoms with Gasteiger partial charge in [0.15, 0.2) is 0 Å². The fourth-order valence-electron chi connectivity index (χ4n) is 3.83. The predicted molar refractivity (Wildman–Crippen MR) is 134 cm³/mol. The molecule has 2 aromatic carbocycles. The Labute approximate surface area is 207 Å². The molecule has 34 heavy (non-hydrogen) atoms. The molecule has 1 aromatic heterocycles. The van der Waals surface area contributed by atoms with Crippen LogP contribution in [0.3, 0.4) is 0 Å². The number of nitrogens with zero attached hydrogens (tertiary/aromatic N) is 2. The second-order valence-corrected chi connectivity index (χ2v) is 9.27. The van der Waals surface area contributed by atoms with E-state index in [2.05, 4.69) is 22.1 Å². The first-order valence-corrected chi connectivity index (χ1v) is 12.3. The van der Waals surface area contributed by atoms with Crippen molar-refractivity contribution in [2.24, 2.45) is 0 Å². The number of likely N-dealkylation sites (tertiary alicyclic amines) is 1. The molecular formula is C26H23ClFN3O2S. The molecule has 2 amide bonds. The Morgan fingerprint density at radius 1 is 1.21 bits per heavy atom. The molecule has 1 saturated heterocycles. The van der Waals surface area contributed by atoms with Gasteiger partial charge in [-0.05, 0) is 54.7 Å². The topological polar surface area (TPSA) is 62.3 Å². The van der Waals surface area contributed by atoms with E-state index in [0.29, 0.717) is 41.5 Å². The molecule has 1 aliphatic rings. The van der Waals surface area contributed by atoms with Crippen LogP contribution in [0.4, 0.5) is 10.1 Å². The monoisotopic (exact) mass is 495 g/mol. The van der Waals surface area contributed by atoms with Gasteiger partial charge in [0.2, 0.25) is 0 Å². The minimum Gasteiger partial charge on any atom is -0.332 e. The summed E-state index contributed by atoms with van der Waals surface area (Å²) >= 11 is 7.41. The highest BCUT2D eigenvalue weighted by molar-refractivity contribution is 7.10. The zero-order valence-corrected chi connectivity index (χ0v) is 20.2. The van der Waals surface area contributed by atoms with Crippen LogP contribution >= 0.6 is 22.9 Å². The number of halogens is 2. The number of rotatable bonds is 4. The van der Waals surface area contributed by atoms with E-state index < -0.39 is 5.82 Å². The van der Waals surface area contributed by atoms with Gasteiger partial charge in [-0.25, -0.2) is 9.37 Å². The van der Waals surface area contributed by atoms with Crippen molar-refractivity contribution in [2.75, 3.05) is 18.4 Å². The molecule has 0 saturated carbocycles. The molecule has 0 unspecified atom stereocenters. The van der Waals surface area contributed by atoms with Crippen LogP contribution in [0.25, 0.3) is 11.1 Å². The molecule has 0 aliphatic carbocycles. The largest absolute Gasteiger partial charge is 0.332 e. The average molecular weight is 496 g/mol. The number of carbonyl (C=O) groups is 2. The van der Waals surface area contributed by atoms with Gasteiger partial charge in [-0.15, -0.1) is 11.3 Å². The number of amides is 2. The number of hydrogen-bond donors (Lipinski definition) is 1. The molecule has 3 aromatic rings. The van der Waals surface area contributed by atoms with Crippen molar-refractivity contribution in [3.63, 3.8) is 0 Å². The fraction of sp³-hybridized carbons (Fsp3) is 0.269. The molecule has 1 N–H and O–H groups in total. The average Bonchev–Trinajstić information content (AvgIpc) is 3.35. The molecule has 0 spiro atoms. The number of piperidine rings is 1. The number of carbonyl (C=O) groups excluding carboxylic acids is 2. The van der Waals surface area contributed by atoms with Crippen LogP contribution in [-0.4, -0.2) is 34.8 Å². The van der Waals surface area contributed by atoms with Crippen molar-refractivity contribution < 1.29 is 14.0 Å². The summed E-state index contributed by atoms with van der Waals surface area (Å²) in [4.78, 5) is 31.4. The Morgan fingerprint density at radius 3 is 2.65 bits per heavy atom. The maximum atomic E-state index is 13.9. The summed E-state index contributed by atoms with van der Waals surface area (Å²) in [6.45, 7) is 3.17. The zero-order chi connectivity index (χ0) is 24.1. The molecule has 0 atom stereocenters. The van der Waals surface area contributed by atoms with Gasteiger partial charge < -0.3 is 10.2 Å². The molecule has 2 heterocycles. The summed E-state index contributed by atoms with van der Waals surface area (Å²) in [5.74, 6) is 4.80. The van der Waals surface area contributed by atoms with E-state index in [1.165, 1.54) is 23.5 Å². The maximum absolute atomic E-state index is 13.9. The lowest BCUT2D eigenvalue weighted by Crippen LogP contribution is -2.37. The molecule has 174 valence electrons. The first kappa shape index (κ1) is 23.9. The number of anilines is 1. The number of thiazole rings is 1. The van der Waals surface area contributed by atoms with Crippen molar-refractivity contribution in [3.8, 4) is 23.0 Å². The quantitative estimate of drug-likeness (QED) is 0.453. The Kier molecular flexibility index (Phi) is 7.61. The maximum Gasteiger partial charge on any atom is 0.298 e. The standard InChI is InChI=1S/C26H23ClFN3O2S/c1-2-3-4-24(32)31-13-11-18(12-14-31)26-30-23(16-34-26)25(33)29-22-10-9-20(28)15-21(22)17-5-7-19(27)8-6-17/h5-10,15-16,18H,2,11-14H2,1H3,(H,29,33). The summed E-state index contributed by atoms with van der Waals surface area (Å²) in [6, 6.07) is 11.2. The van der Waals surface area contributed by atoms with E-state index in [4.69, 9.17) is 11.6 Å². The molecule has 8 heteroatoms. The summed E-state index contributed by atoms with van der Waals surface area (Å²) in [7, 11) is 0. The van der Waals surface area contributed by atoms with Gasteiger partial charge in [0.25, 0.3) is 11.8 Å². The number of aromatic nitrogens is 1. The lowest BCUT2D eigenvalue weighted by Gasteiger charge is -2.29. The Morgan fingerprint density at radius 2 is 1.94 bits per heavy atom. The van der Waals surface area contributed by atoms with Gasteiger partial charge in [0.05, 0.1) is 5.01 Å². The highest BCUT2D eigenvalue weighted by atomic mass is 35.5. The minimum atomic E-state index is -0.399. The molecule has 5 nitrogen and oxygen atoms in total. The summed E-state index contributed by atoms with van der Waals surface area (Å²) in [5.41, 5.74) is 2.11. The summed E-state index contributed by atoms with van der Waals surface area (Å²) < 4.78 is 13.9. The van der Waals surface area contributed by atoms with E-state index >= 15 is 0 Å². The molecule has 0 radical (unpaired) electrons. The van der Waals surface area contributed by atoms with Gasteiger partial charge in [-0.3, -0.25) is 9.59 Å². The van der Waals surface area contributed by atoms with Crippen LogP contribution in [-0.2, 0) is 4.79 Å². The first-order chi connectivity index (χ1) is 16.4. The molecule has 0 bridgehead atoms. The summed E-state index contributed by atoms with van der Waals surface area (Å²) in [6.07, 6.45) is 2.23. The van der Waals surface area contributed by atoms with Crippen molar-refractivity contribution in [3.05, 3.63) is 69.4 Å². The Bertz CT molecular complexity index is 1260. The van der Waals surface area contributed by atoms with Crippen molar-refractivity contribution in [1.82, 2.24) is 9.88 Å². The number of benzene rings is 2. The Hall–Kier alpha value is -3.21. The van der Waals surface area contributed by atoms with Gasteiger partial charge in [0, 0.05) is 47.1 Å². The highest BCUT2D eigenvalue weighted by Gasteiger charge is 2.26. The van der Waals surface area contributed by atoms with E-state index in [0.717, 1.165) is 23.4 Å². The second-order valence-electron chi connectivity index (χ2n) is 7.94. The van der Waals surface area contributed by atoms with Gasteiger partial charge in [0.1, 0.15) is 11.5 Å². The van der Waals surface area contributed by atoms with E-state index in [-0.39, 0.29) is 17.7 Å². The van der Waals surface area contributed by atoms with Crippen molar-refractivity contribution in [1.29, 1.82) is 0 Å². The number of nitrogens with one attached hydrogen (secondary N) is 1. The SMILES string of the molecule is CCC#CC(=O)N1CCC(c2nc(C(=O)Nc3ccc(F)cc3-c3ccc(Cl)cc3)cs2)CC1. The third-order valence-corrected chi connectivity index (χ3v) is 6.90. The predicted octanol–water partition coefficient (Wildman–Crippen LogP) is 5.97. The van der Waals surface area contributed by atoms with Crippen LogP contribution in [0.1, 0.15) is 47.6 Å². The van der Waals surface area contributed by atoms with E-state index in [9.17, 15) is 14.0 Å². The van der Waals surface area contributed by atoms with Gasteiger partial charge >= 0.3 is 0 Å². The third kappa shape index (κ3) is 5.64. The molecule has 1 fully saturated rings. The molecular weight excluding hydrogens is 473 g/mol. The van der Waals surface area contributed by atoms with Crippen molar-refractivity contribution >= 4 is 40.4 Å². The van der Waals surface area contributed by atoms with E-state index in [1.807, 2.05) is 6.92 Å². The normalized spacial score (nSPS) is 13.8. The first-order valence-electron chi connectivity index (χ1n) is 11.0. The van der Waals surface area contributed by atoms with Crippen LogP contribution in [0.15, 0.2) is 47.8 Å². The second kappa shape index (κ2) is 10.8. The summed E-state index contributed by atoms with van der Waals surface area (Å²) in [5, 5.41) is 6.06. The van der Waals surface area contributed by atoms with Crippen LogP contribution in [0.5, 0.6) is 0 Å². The lowest BCUT2D eigenvalue weighted by molar-refractivity contribution is -0.126. The van der Waals surface area contributed by atoms with Gasteiger partial charge in [-0.2, -0.15) is 0 Å². The highest BCUT2D eigenvalue weighted by Crippen LogP contribution is 2.32. The molecule has 1 aliphatic heterocycles. The fourth-order valence-corrected chi connectivity index (χ4v) is 4.93. The third-order valence-electron chi connectivity index (χ3n) is 5.64. The van der Waals surface area contributed by atoms with Crippen LogP contribution < -0.4 is 5.32 Å². The van der Waals surface area contributed by atoms with E-state index in [1.54, 1.807) is 40.6 Å². The van der Waals surface area contributed by atoms with Crippen LogP contribution in [0, 0.1) is 17.7 Å². The zero-order valence-electron chi connectivity index (χ0n) is 18.6. The minimum absolute atomic E-state index is 0.129. The van der Waals surface area contributed by atoms with Crippen molar-refractivity contribution in [2.45, 2.75) is 32.1 Å². The Balaban J connectivity index is 1.44. The van der Waals surface area contributed by atoms with Crippen LogP contribution in [0.2, 0.25) is 5.02 Å². The lowest BCUT2D eigenvalue weighted by atomic mass is 9.97. The number of hydrogen-bond acceptors (Lipinski definition) is 4. The van der Waals surface area contributed by atoms with Gasteiger partial charge in [-0.1, -0.05) is 36.6 Å². The molecule has 4 rings (SSSR count).